The van der Waals surface area contributed by atoms with Crippen LogP contribution in [0.3, 0.4) is 0 Å². The zero-order valence-corrected chi connectivity index (χ0v) is 14.6. The first-order chi connectivity index (χ1) is 11.3. The first kappa shape index (κ1) is 16.8. The molecule has 3 heterocycles. The second kappa shape index (κ2) is 6.47. The Kier molecular flexibility index (Phi) is 4.54. The van der Waals surface area contributed by atoms with Crippen LogP contribution in [0.4, 0.5) is 10.6 Å². The maximum Gasteiger partial charge on any atom is 0.410 e. The fourth-order valence-corrected chi connectivity index (χ4v) is 2.90. The molecule has 0 unspecified atom stereocenters. The first-order valence-electron chi connectivity index (χ1n) is 8.42. The SMILES string of the molecule is CC(C)(C)OC(=O)N1CCN(c2cc3c(cn2)C[C@@H](N)CO3)CC1. The van der Waals surface area contributed by atoms with Crippen LogP contribution < -0.4 is 15.4 Å². The highest BCUT2D eigenvalue weighted by Gasteiger charge is 2.27. The molecule has 132 valence electrons. The third kappa shape index (κ3) is 3.90. The molecule has 3 rings (SSSR count). The average molecular weight is 334 g/mol. The van der Waals surface area contributed by atoms with Gasteiger partial charge in [0.05, 0.1) is 0 Å². The van der Waals surface area contributed by atoms with Gasteiger partial charge in [0.15, 0.2) is 0 Å². The van der Waals surface area contributed by atoms with Crippen molar-refractivity contribution in [3.05, 3.63) is 17.8 Å². The Balaban J connectivity index is 1.60. The number of anilines is 1. The second-order valence-corrected chi connectivity index (χ2v) is 7.38. The van der Waals surface area contributed by atoms with Gasteiger partial charge in [-0.15, -0.1) is 0 Å². The van der Waals surface area contributed by atoms with Crippen molar-refractivity contribution in [2.24, 2.45) is 5.73 Å². The zero-order chi connectivity index (χ0) is 17.3. The molecule has 2 aliphatic rings. The Morgan fingerprint density at radius 3 is 2.71 bits per heavy atom. The van der Waals surface area contributed by atoms with E-state index in [1.54, 1.807) is 4.90 Å². The van der Waals surface area contributed by atoms with Gasteiger partial charge < -0.3 is 25.0 Å². The van der Waals surface area contributed by atoms with E-state index in [0.29, 0.717) is 19.7 Å². The molecule has 2 N–H and O–H groups in total. The van der Waals surface area contributed by atoms with Crippen molar-refractivity contribution < 1.29 is 14.3 Å². The van der Waals surface area contributed by atoms with Crippen molar-refractivity contribution in [1.82, 2.24) is 9.88 Å². The molecule has 24 heavy (non-hydrogen) atoms. The fourth-order valence-electron chi connectivity index (χ4n) is 2.90. The zero-order valence-electron chi connectivity index (χ0n) is 14.6. The molecular weight excluding hydrogens is 308 g/mol. The number of hydrogen-bond donors (Lipinski definition) is 1. The van der Waals surface area contributed by atoms with Crippen molar-refractivity contribution in [2.45, 2.75) is 38.8 Å². The van der Waals surface area contributed by atoms with Crippen LogP contribution in [0.25, 0.3) is 0 Å². The van der Waals surface area contributed by atoms with Crippen molar-refractivity contribution in [1.29, 1.82) is 0 Å². The minimum absolute atomic E-state index is 0.0440. The number of piperazine rings is 1. The molecule has 1 amide bonds. The van der Waals surface area contributed by atoms with Crippen molar-refractivity contribution in [3.63, 3.8) is 0 Å². The number of nitrogens with zero attached hydrogens (tertiary/aromatic N) is 3. The summed E-state index contributed by atoms with van der Waals surface area (Å²) >= 11 is 0. The quantitative estimate of drug-likeness (QED) is 0.836. The lowest BCUT2D eigenvalue weighted by Gasteiger charge is -2.36. The van der Waals surface area contributed by atoms with Crippen molar-refractivity contribution >= 4 is 11.9 Å². The minimum atomic E-state index is -0.466. The van der Waals surface area contributed by atoms with Gasteiger partial charge >= 0.3 is 6.09 Å². The summed E-state index contributed by atoms with van der Waals surface area (Å²) in [5, 5.41) is 0. The van der Waals surface area contributed by atoms with E-state index in [2.05, 4.69) is 9.88 Å². The molecule has 0 saturated carbocycles. The van der Waals surface area contributed by atoms with E-state index >= 15 is 0 Å². The fraction of sp³-hybridized carbons (Fsp3) is 0.647. The van der Waals surface area contributed by atoms with Crippen LogP contribution in [0.5, 0.6) is 5.75 Å². The summed E-state index contributed by atoms with van der Waals surface area (Å²) in [5.74, 6) is 1.75. The number of fused-ring (bicyclic) bond motifs is 1. The highest BCUT2D eigenvalue weighted by Crippen LogP contribution is 2.28. The summed E-state index contributed by atoms with van der Waals surface area (Å²) in [6.45, 7) is 8.88. The maximum atomic E-state index is 12.1. The molecule has 1 saturated heterocycles. The van der Waals surface area contributed by atoms with Gasteiger partial charge in [0.2, 0.25) is 0 Å². The van der Waals surface area contributed by atoms with Crippen LogP contribution in [-0.2, 0) is 11.2 Å². The third-order valence-corrected chi connectivity index (χ3v) is 4.12. The number of nitrogens with two attached hydrogens (primary N) is 1. The van der Waals surface area contributed by atoms with E-state index in [1.165, 1.54) is 0 Å². The van der Waals surface area contributed by atoms with E-state index < -0.39 is 5.60 Å². The number of aromatic nitrogens is 1. The average Bonchev–Trinajstić information content (AvgIpc) is 2.53. The number of carbonyl (C=O) groups excluding carboxylic acids is 1. The summed E-state index contributed by atoms with van der Waals surface area (Å²) in [7, 11) is 0. The Morgan fingerprint density at radius 1 is 1.33 bits per heavy atom. The van der Waals surface area contributed by atoms with E-state index in [1.807, 2.05) is 33.0 Å². The number of carbonyl (C=O) groups is 1. The molecule has 0 spiro atoms. The van der Waals surface area contributed by atoms with Gasteiger partial charge in [-0.05, 0) is 27.2 Å². The predicted molar refractivity (Wildman–Crippen MR) is 91.4 cm³/mol. The lowest BCUT2D eigenvalue weighted by molar-refractivity contribution is 0.0240. The van der Waals surface area contributed by atoms with Crippen molar-refractivity contribution in [3.8, 4) is 5.75 Å². The smallest absolute Gasteiger partial charge is 0.410 e. The first-order valence-corrected chi connectivity index (χ1v) is 8.42. The van der Waals surface area contributed by atoms with Crippen LogP contribution in [0.15, 0.2) is 12.3 Å². The summed E-state index contributed by atoms with van der Waals surface area (Å²) in [4.78, 5) is 20.6. The van der Waals surface area contributed by atoms with Crippen LogP contribution in [0, 0.1) is 0 Å². The number of rotatable bonds is 1. The van der Waals surface area contributed by atoms with Gasteiger partial charge in [0.25, 0.3) is 0 Å². The standard InChI is InChI=1S/C17H26N4O3/c1-17(2,3)24-16(22)21-6-4-20(5-7-21)15-9-14-12(10-19-15)8-13(18)11-23-14/h9-10,13H,4-8,11,18H2,1-3H3/t13-/m1/s1. The van der Waals surface area contributed by atoms with E-state index in [9.17, 15) is 4.79 Å². The van der Waals surface area contributed by atoms with E-state index in [-0.39, 0.29) is 12.1 Å². The van der Waals surface area contributed by atoms with Crippen LogP contribution in [0.2, 0.25) is 0 Å². The van der Waals surface area contributed by atoms with Crippen LogP contribution in [-0.4, -0.2) is 60.4 Å². The number of hydrogen-bond acceptors (Lipinski definition) is 6. The molecule has 1 aromatic heterocycles. The van der Waals surface area contributed by atoms with Crippen LogP contribution >= 0.6 is 0 Å². The molecular formula is C17H26N4O3. The van der Waals surface area contributed by atoms with Gasteiger partial charge in [-0.25, -0.2) is 9.78 Å². The largest absolute Gasteiger partial charge is 0.491 e. The molecule has 7 nitrogen and oxygen atoms in total. The van der Waals surface area contributed by atoms with E-state index in [4.69, 9.17) is 15.2 Å². The lowest BCUT2D eigenvalue weighted by atomic mass is 10.1. The van der Waals surface area contributed by atoms with Gasteiger partial charge in [-0.1, -0.05) is 0 Å². The monoisotopic (exact) mass is 334 g/mol. The topological polar surface area (TPSA) is 80.9 Å². The van der Waals surface area contributed by atoms with Gasteiger partial charge in [0.1, 0.15) is 23.8 Å². The molecule has 0 bridgehead atoms. The maximum absolute atomic E-state index is 12.1. The summed E-state index contributed by atoms with van der Waals surface area (Å²) in [5.41, 5.74) is 6.50. The molecule has 2 aliphatic heterocycles. The minimum Gasteiger partial charge on any atom is -0.491 e. The van der Waals surface area contributed by atoms with Crippen molar-refractivity contribution in [2.75, 3.05) is 37.7 Å². The number of amides is 1. The Bertz CT molecular complexity index is 606. The second-order valence-electron chi connectivity index (χ2n) is 7.38. The number of pyridine rings is 1. The molecule has 1 aromatic rings. The summed E-state index contributed by atoms with van der Waals surface area (Å²) in [6, 6.07) is 2.02. The highest BCUT2D eigenvalue weighted by molar-refractivity contribution is 5.68. The molecule has 1 atom stereocenters. The molecule has 0 radical (unpaired) electrons. The Labute approximate surface area is 142 Å². The molecule has 0 aliphatic carbocycles. The lowest BCUT2D eigenvalue weighted by Crippen LogP contribution is -2.50. The van der Waals surface area contributed by atoms with Gasteiger partial charge in [0, 0.05) is 50.0 Å². The van der Waals surface area contributed by atoms with E-state index in [0.717, 1.165) is 36.6 Å². The Hall–Kier alpha value is -2.02. The number of ether oxygens (including phenoxy) is 2. The molecule has 1 fully saturated rings. The highest BCUT2D eigenvalue weighted by atomic mass is 16.6. The normalized spacial score (nSPS) is 21.1. The predicted octanol–water partition coefficient (Wildman–Crippen LogP) is 1.40. The Morgan fingerprint density at radius 2 is 2.04 bits per heavy atom. The summed E-state index contributed by atoms with van der Waals surface area (Å²) in [6.07, 6.45) is 2.40. The van der Waals surface area contributed by atoms with Crippen LogP contribution in [0.1, 0.15) is 26.3 Å². The van der Waals surface area contributed by atoms with Gasteiger partial charge in [-0.3, -0.25) is 0 Å². The molecule has 7 heteroatoms. The summed E-state index contributed by atoms with van der Waals surface area (Å²) < 4.78 is 11.1. The molecule has 0 aromatic carbocycles. The third-order valence-electron chi connectivity index (χ3n) is 4.12. The van der Waals surface area contributed by atoms with Gasteiger partial charge in [-0.2, -0.15) is 0 Å².